The molecule has 0 spiro atoms. The molecule has 3 aromatic heterocycles. The lowest BCUT2D eigenvalue weighted by Gasteiger charge is -2.49. The molecule has 1 aliphatic heterocycles. The minimum absolute atomic E-state index is 0.132. The van der Waals surface area contributed by atoms with Crippen LogP contribution in [0.25, 0.3) is 22.2 Å². The number of H-pyrrole nitrogens is 1. The number of nitrogens with one attached hydrogen (secondary N) is 1. The maximum Gasteiger partial charge on any atom is 0.137 e. The van der Waals surface area contributed by atoms with Gasteiger partial charge in [-0.3, -0.25) is 4.68 Å². The highest BCUT2D eigenvalue weighted by molar-refractivity contribution is 7.98. The van der Waals surface area contributed by atoms with E-state index in [0.29, 0.717) is 12.0 Å². The molecule has 7 nitrogen and oxygen atoms in total. The second kappa shape index (κ2) is 6.66. The van der Waals surface area contributed by atoms with Crippen LogP contribution in [-0.2, 0) is 5.54 Å². The average molecular weight is 392 g/mol. The summed E-state index contributed by atoms with van der Waals surface area (Å²) in [6, 6.07) is 6.48. The molecule has 1 aliphatic rings. The Morgan fingerprint density at radius 3 is 2.75 bits per heavy atom. The van der Waals surface area contributed by atoms with E-state index >= 15 is 0 Å². The molecule has 0 aliphatic carbocycles. The van der Waals surface area contributed by atoms with Crippen molar-refractivity contribution in [2.45, 2.75) is 37.5 Å². The molecule has 4 rings (SSSR count). The number of aromatic nitrogens is 4. The summed E-state index contributed by atoms with van der Waals surface area (Å²) >= 11 is 1.81. The number of fused-ring (bicyclic) bond motifs is 1. The van der Waals surface area contributed by atoms with Gasteiger partial charge in [0.1, 0.15) is 17.3 Å². The van der Waals surface area contributed by atoms with E-state index in [1.807, 2.05) is 23.1 Å². The Bertz CT molecular complexity index is 1100. The molecule has 0 atom stereocenters. The molecule has 0 radical (unpaired) electrons. The normalized spacial score (nSPS) is 16.5. The summed E-state index contributed by atoms with van der Waals surface area (Å²) in [5.74, 6) is 0. The lowest BCUT2D eigenvalue weighted by molar-refractivity contribution is 0.0800. The van der Waals surface area contributed by atoms with Crippen LogP contribution in [0.15, 0.2) is 30.9 Å². The number of nitrogens with zero attached hydrogens (tertiary/aromatic N) is 6. The Morgan fingerprint density at radius 1 is 1.29 bits per heavy atom. The summed E-state index contributed by atoms with van der Waals surface area (Å²) < 4.78 is 4.33. The minimum Gasteiger partial charge on any atom is -0.346 e. The van der Waals surface area contributed by atoms with E-state index in [2.05, 4.69) is 52.3 Å². The Kier molecular flexibility index (Phi) is 4.41. The fourth-order valence-corrected chi connectivity index (χ4v) is 5.05. The lowest BCUT2D eigenvalue weighted by atomic mass is 9.89. The van der Waals surface area contributed by atoms with Gasteiger partial charge in [-0.05, 0) is 26.8 Å². The third-order valence-corrected chi connectivity index (χ3v) is 5.88. The molecule has 28 heavy (non-hydrogen) atoms. The quantitative estimate of drug-likeness (QED) is 0.682. The Hall–Kier alpha value is -2.81. The third-order valence-electron chi connectivity index (χ3n) is 4.82. The van der Waals surface area contributed by atoms with Crippen molar-refractivity contribution in [2.75, 3.05) is 13.1 Å². The minimum atomic E-state index is -0.331. The van der Waals surface area contributed by atoms with E-state index in [0.717, 1.165) is 35.2 Å². The number of nitriles is 2. The zero-order valence-corrected chi connectivity index (χ0v) is 16.9. The molecule has 0 unspecified atom stereocenters. The summed E-state index contributed by atoms with van der Waals surface area (Å²) in [6.45, 7) is 8.09. The van der Waals surface area contributed by atoms with Crippen LogP contribution in [0.5, 0.6) is 0 Å². The molecule has 142 valence electrons. The zero-order chi connectivity index (χ0) is 19.9. The van der Waals surface area contributed by atoms with Gasteiger partial charge in [0.15, 0.2) is 0 Å². The van der Waals surface area contributed by atoms with E-state index in [1.165, 1.54) is 0 Å². The predicted molar refractivity (Wildman–Crippen MR) is 109 cm³/mol. The summed E-state index contributed by atoms with van der Waals surface area (Å²) in [5, 5.41) is 24.4. The van der Waals surface area contributed by atoms with Crippen molar-refractivity contribution in [1.29, 1.82) is 10.5 Å². The first-order valence-electron chi connectivity index (χ1n) is 9.08. The zero-order valence-electron chi connectivity index (χ0n) is 16.1. The first-order valence-corrected chi connectivity index (χ1v) is 9.85. The second-order valence-corrected chi connectivity index (χ2v) is 10.1. The SMILES string of the molecule is CC(C)(C)SN1CC(CC#N)(n2cc(-c3c(C#N)cnc4[nH]ccc34)cn2)C1. The van der Waals surface area contributed by atoms with Crippen molar-refractivity contribution < 1.29 is 0 Å². The van der Waals surface area contributed by atoms with Gasteiger partial charge in [-0.1, -0.05) is 11.9 Å². The van der Waals surface area contributed by atoms with Crippen LogP contribution in [0, 0.1) is 22.7 Å². The smallest absolute Gasteiger partial charge is 0.137 e. The molecule has 8 heteroatoms. The van der Waals surface area contributed by atoms with Gasteiger partial charge in [0.2, 0.25) is 0 Å². The molecule has 0 amide bonds. The van der Waals surface area contributed by atoms with Crippen LogP contribution in [0.4, 0.5) is 0 Å². The largest absolute Gasteiger partial charge is 0.346 e. The van der Waals surface area contributed by atoms with Gasteiger partial charge in [0.25, 0.3) is 0 Å². The molecule has 4 heterocycles. The highest BCUT2D eigenvalue weighted by atomic mass is 32.2. The topological polar surface area (TPSA) is 97.3 Å². The van der Waals surface area contributed by atoms with Crippen molar-refractivity contribution >= 4 is 23.0 Å². The van der Waals surface area contributed by atoms with Gasteiger partial charge in [-0.15, -0.1) is 0 Å². The molecular formula is C20H21N7S. The van der Waals surface area contributed by atoms with E-state index < -0.39 is 0 Å². The fourth-order valence-electron chi connectivity index (χ4n) is 3.66. The molecule has 3 aromatic rings. The van der Waals surface area contributed by atoms with Crippen LogP contribution in [0.2, 0.25) is 0 Å². The Labute approximate surface area is 168 Å². The second-order valence-electron chi connectivity index (χ2n) is 8.13. The maximum absolute atomic E-state index is 9.55. The maximum atomic E-state index is 9.55. The van der Waals surface area contributed by atoms with Gasteiger partial charge in [0.05, 0.1) is 24.3 Å². The summed E-state index contributed by atoms with van der Waals surface area (Å²) in [4.78, 5) is 7.38. The van der Waals surface area contributed by atoms with Crippen LogP contribution < -0.4 is 0 Å². The lowest BCUT2D eigenvalue weighted by Crippen LogP contribution is -2.60. The highest BCUT2D eigenvalue weighted by Gasteiger charge is 2.47. The fraction of sp³-hybridized carbons (Fsp3) is 0.400. The van der Waals surface area contributed by atoms with Crippen LogP contribution in [0.1, 0.15) is 32.8 Å². The molecule has 1 N–H and O–H groups in total. The molecule has 0 aromatic carbocycles. The summed E-state index contributed by atoms with van der Waals surface area (Å²) in [7, 11) is 0. The van der Waals surface area contributed by atoms with Crippen molar-refractivity contribution in [3.05, 3.63) is 36.4 Å². The van der Waals surface area contributed by atoms with E-state index in [1.54, 1.807) is 24.3 Å². The van der Waals surface area contributed by atoms with Crippen LogP contribution in [0.3, 0.4) is 0 Å². The van der Waals surface area contributed by atoms with E-state index in [4.69, 9.17) is 0 Å². The molecule has 0 saturated carbocycles. The van der Waals surface area contributed by atoms with Crippen molar-refractivity contribution in [2.24, 2.45) is 0 Å². The van der Waals surface area contributed by atoms with Crippen molar-refractivity contribution in [3.8, 4) is 23.3 Å². The number of rotatable bonds is 4. The molecule has 1 saturated heterocycles. The number of pyridine rings is 1. The Morgan fingerprint density at radius 2 is 2.07 bits per heavy atom. The average Bonchev–Trinajstić information content (AvgIpc) is 3.27. The first kappa shape index (κ1) is 18.5. The van der Waals surface area contributed by atoms with Crippen LogP contribution in [-0.4, -0.2) is 41.9 Å². The van der Waals surface area contributed by atoms with Gasteiger partial charge in [-0.25, -0.2) is 9.29 Å². The highest BCUT2D eigenvalue weighted by Crippen LogP contribution is 2.41. The first-order chi connectivity index (χ1) is 13.3. The van der Waals surface area contributed by atoms with Gasteiger partial charge in [-0.2, -0.15) is 15.6 Å². The standard InChI is InChI=1S/C20H21N7S/c1-19(2,3)28-26-12-20(13-26,5-6-21)27-11-15(10-25-27)17-14(8-22)9-24-18-16(17)4-7-23-18/h4,7,9-11H,5,12-13H2,1-3H3,(H,23,24). The van der Waals surface area contributed by atoms with E-state index in [9.17, 15) is 10.5 Å². The third kappa shape index (κ3) is 3.15. The summed E-state index contributed by atoms with van der Waals surface area (Å²) in [6.07, 6.45) is 7.54. The number of aromatic amines is 1. The van der Waals surface area contributed by atoms with Crippen LogP contribution >= 0.6 is 11.9 Å². The van der Waals surface area contributed by atoms with Gasteiger partial charge >= 0.3 is 0 Å². The molecule has 1 fully saturated rings. The number of hydrogen-bond donors (Lipinski definition) is 1. The van der Waals surface area contributed by atoms with E-state index in [-0.39, 0.29) is 10.3 Å². The van der Waals surface area contributed by atoms with Gasteiger partial charge < -0.3 is 4.98 Å². The predicted octanol–water partition coefficient (Wildman–Crippen LogP) is 3.67. The van der Waals surface area contributed by atoms with Crippen molar-refractivity contribution in [3.63, 3.8) is 0 Å². The van der Waals surface area contributed by atoms with Crippen molar-refractivity contribution in [1.82, 2.24) is 24.1 Å². The monoisotopic (exact) mass is 391 g/mol. The Balaban J connectivity index is 1.69. The van der Waals surface area contributed by atoms with Gasteiger partial charge in [0, 0.05) is 52.9 Å². The summed E-state index contributed by atoms with van der Waals surface area (Å²) in [5.41, 5.74) is 2.61. The molecular weight excluding hydrogens is 370 g/mol. The number of hydrogen-bond acceptors (Lipinski definition) is 6. The molecule has 0 bridgehead atoms.